The van der Waals surface area contributed by atoms with Gasteiger partial charge in [0.2, 0.25) is 5.96 Å². The number of aliphatic imine (C=N–C) groups is 1. The summed E-state index contributed by atoms with van der Waals surface area (Å²) >= 11 is 0. The topological polar surface area (TPSA) is 76.4 Å². The molecule has 4 rings (SSSR count). The molecule has 6 heteroatoms. The summed E-state index contributed by atoms with van der Waals surface area (Å²) in [4.78, 5) is 12.0. The van der Waals surface area contributed by atoms with E-state index in [1.165, 1.54) is 0 Å². The van der Waals surface area contributed by atoms with E-state index >= 15 is 0 Å². The minimum Gasteiger partial charge on any atom is -0.391 e. The molecule has 0 saturated carbocycles. The van der Waals surface area contributed by atoms with E-state index in [4.69, 9.17) is 15.4 Å². The largest absolute Gasteiger partial charge is 0.391 e. The van der Waals surface area contributed by atoms with Crippen LogP contribution in [0, 0.1) is 12.3 Å². The van der Waals surface area contributed by atoms with E-state index in [1.807, 2.05) is 39.1 Å². The Balaban J connectivity index is 1.81. The van der Waals surface area contributed by atoms with Crippen molar-refractivity contribution in [3.05, 3.63) is 71.7 Å². The fraction of sp³-hybridized carbons (Fsp3) is 0.321. The molecular weight excluding hydrogens is 420 g/mol. The molecule has 6 nitrogen and oxygen atoms in total. The standard InChI is InChI=1S/C28H34N6/c1-6-21-12-13-23-26(16-21)34-14-10-8-7-9-11-24(30-5)27(19(3)29)25-17-22(15-18(2)31-25)20(4)32-28(34)33-23/h6,12-13,15-17,29-30H,1,4,7-11,14H2,2-3,5H3,(H,32,33)/b27-24+,29-19?. The average Bonchev–Trinajstić information content (AvgIpc) is 3.14. The third-order valence-electron chi connectivity index (χ3n) is 6.37. The van der Waals surface area contributed by atoms with Crippen molar-refractivity contribution in [2.75, 3.05) is 23.8 Å². The first kappa shape index (κ1) is 23.5. The maximum Gasteiger partial charge on any atom is 0.208 e. The molecule has 1 aromatic carbocycles. The molecule has 2 aliphatic heterocycles. The van der Waals surface area contributed by atoms with Gasteiger partial charge >= 0.3 is 0 Å². The van der Waals surface area contributed by atoms with Gasteiger partial charge in [0, 0.05) is 41.8 Å². The number of hydrogen-bond donors (Lipinski definition) is 3. The minimum atomic E-state index is 0.506. The zero-order valence-corrected chi connectivity index (χ0v) is 20.5. The van der Waals surface area contributed by atoms with Crippen LogP contribution in [0.3, 0.4) is 0 Å². The van der Waals surface area contributed by atoms with Crippen LogP contribution in [0.5, 0.6) is 0 Å². The summed E-state index contributed by atoms with van der Waals surface area (Å²) in [6.45, 7) is 12.9. The summed E-state index contributed by atoms with van der Waals surface area (Å²) in [6.07, 6.45) is 7.15. The number of aryl methyl sites for hydroxylation is 1. The molecule has 2 aliphatic rings. The Morgan fingerprint density at radius 1 is 1.18 bits per heavy atom. The number of rotatable bonds is 3. The Labute approximate surface area is 202 Å². The Morgan fingerprint density at radius 3 is 2.71 bits per heavy atom. The van der Waals surface area contributed by atoms with Crippen molar-refractivity contribution in [2.45, 2.75) is 46.0 Å². The summed E-state index contributed by atoms with van der Waals surface area (Å²) < 4.78 is 0. The maximum atomic E-state index is 8.47. The van der Waals surface area contributed by atoms with E-state index in [0.29, 0.717) is 11.4 Å². The van der Waals surface area contributed by atoms with Crippen LogP contribution in [0.25, 0.3) is 17.3 Å². The third kappa shape index (κ3) is 4.81. The Bertz CT molecular complexity index is 1200. The number of nitrogens with zero attached hydrogens (tertiary/aromatic N) is 3. The zero-order chi connectivity index (χ0) is 24.2. The van der Waals surface area contributed by atoms with Gasteiger partial charge in [0.05, 0.1) is 22.8 Å². The molecule has 34 heavy (non-hydrogen) atoms. The summed E-state index contributed by atoms with van der Waals surface area (Å²) in [6, 6.07) is 10.3. The zero-order valence-electron chi connectivity index (χ0n) is 20.5. The van der Waals surface area contributed by atoms with E-state index in [-0.39, 0.29) is 0 Å². The van der Waals surface area contributed by atoms with Crippen molar-refractivity contribution in [3.63, 3.8) is 0 Å². The van der Waals surface area contributed by atoms with Crippen molar-refractivity contribution in [3.8, 4) is 0 Å². The molecule has 176 valence electrons. The minimum absolute atomic E-state index is 0.506. The Hall–Kier alpha value is -3.67. The number of fused-ring (bicyclic) bond motifs is 5. The first-order chi connectivity index (χ1) is 16.4. The molecular formula is C28H34N6. The molecule has 3 N–H and O–H groups in total. The van der Waals surface area contributed by atoms with Gasteiger partial charge in [-0.25, -0.2) is 4.99 Å². The lowest BCUT2D eigenvalue weighted by Crippen LogP contribution is -2.31. The average molecular weight is 455 g/mol. The highest BCUT2D eigenvalue weighted by atomic mass is 15.4. The van der Waals surface area contributed by atoms with E-state index < -0.39 is 0 Å². The van der Waals surface area contributed by atoms with E-state index in [2.05, 4.69) is 46.9 Å². The number of anilines is 2. The van der Waals surface area contributed by atoms with Crippen molar-refractivity contribution in [2.24, 2.45) is 4.99 Å². The van der Waals surface area contributed by atoms with Crippen LogP contribution < -0.4 is 15.5 Å². The lowest BCUT2D eigenvalue weighted by Gasteiger charge is -2.19. The van der Waals surface area contributed by atoms with Gasteiger partial charge in [0.1, 0.15) is 0 Å². The van der Waals surface area contributed by atoms with Crippen LogP contribution in [-0.4, -0.2) is 30.2 Å². The van der Waals surface area contributed by atoms with E-state index in [1.54, 1.807) is 0 Å². The summed E-state index contributed by atoms with van der Waals surface area (Å²) in [5.74, 6) is 0.794. The predicted molar refractivity (Wildman–Crippen MR) is 145 cm³/mol. The first-order valence-corrected chi connectivity index (χ1v) is 12.0. The molecule has 0 amide bonds. The Morgan fingerprint density at radius 2 is 1.97 bits per heavy atom. The highest BCUT2D eigenvalue weighted by molar-refractivity contribution is 6.21. The van der Waals surface area contributed by atoms with Crippen LogP contribution >= 0.6 is 0 Å². The number of aromatic nitrogens is 1. The van der Waals surface area contributed by atoms with Crippen molar-refractivity contribution < 1.29 is 0 Å². The molecule has 1 aromatic heterocycles. The molecule has 0 atom stereocenters. The van der Waals surface area contributed by atoms with Gasteiger partial charge in [-0.15, -0.1) is 0 Å². The van der Waals surface area contributed by atoms with Crippen molar-refractivity contribution >= 4 is 40.4 Å². The molecule has 0 spiro atoms. The second-order valence-corrected chi connectivity index (χ2v) is 8.91. The number of guanidine groups is 1. The Kier molecular flexibility index (Phi) is 6.96. The van der Waals surface area contributed by atoms with Crippen LogP contribution in [0.4, 0.5) is 11.4 Å². The lowest BCUT2D eigenvalue weighted by molar-refractivity contribution is 0.634. The lowest BCUT2D eigenvalue weighted by atomic mass is 9.98. The van der Waals surface area contributed by atoms with Crippen LogP contribution in [-0.2, 0) is 0 Å². The summed E-state index contributed by atoms with van der Waals surface area (Å²) in [5, 5.41) is 15.3. The fourth-order valence-electron chi connectivity index (χ4n) is 4.65. The van der Waals surface area contributed by atoms with Gasteiger partial charge in [-0.05, 0) is 62.9 Å². The van der Waals surface area contributed by atoms with Crippen LogP contribution in [0.15, 0.2) is 54.2 Å². The van der Waals surface area contributed by atoms with Crippen LogP contribution in [0.1, 0.15) is 61.5 Å². The summed E-state index contributed by atoms with van der Waals surface area (Å²) in [5.41, 5.74) is 8.94. The molecule has 2 aromatic rings. The number of hydrogen-bond acceptors (Lipinski definition) is 6. The highest BCUT2D eigenvalue weighted by Gasteiger charge is 2.26. The molecule has 2 bridgehead atoms. The van der Waals surface area contributed by atoms with E-state index in [9.17, 15) is 0 Å². The molecule has 0 unspecified atom stereocenters. The fourth-order valence-corrected chi connectivity index (χ4v) is 4.65. The van der Waals surface area contributed by atoms with Gasteiger partial charge < -0.3 is 20.9 Å². The van der Waals surface area contributed by atoms with Gasteiger partial charge in [-0.1, -0.05) is 38.1 Å². The van der Waals surface area contributed by atoms with Gasteiger partial charge in [-0.3, -0.25) is 4.98 Å². The highest BCUT2D eigenvalue weighted by Crippen LogP contribution is 2.35. The van der Waals surface area contributed by atoms with E-state index in [0.717, 1.165) is 89.8 Å². The quantitative estimate of drug-likeness (QED) is 0.481. The predicted octanol–water partition coefficient (Wildman–Crippen LogP) is 6.23. The molecule has 0 fully saturated rings. The second-order valence-electron chi connectivity index (χ2n) is 8.91. The number of nitrogens with one attached hydrogen (secondary N) is 3. The second kappa shape index (κ2) is 10.1. The smallest absolute Gasteiger partial charge is 0.208 e. The SMILES string of the molecule is C=Cc1ccc2c(c1)N1CCCCCC/C(NC)=C(/C(C)=N)c3cc(cc(C)n3)C(=C)/N=C/1N2. The summed E-state index contributed by atoms with van der Waals surface area (Å²) in [7, 11) is 1.93. The molecule has 3 heterocycles. The number of benzene rings is 1. The molecule has 0 saturated heterocycles. The first-order valence-electron chi connectivity index (χ1n) is 12.0. The van der Waals surface area contributed by atoms with Gasteiger partial charge in [0.15, 0.2) is 0 Å². The van der Waals surface area contributed by atoms with Crippen molar-refractivity contribution in [1.29, 1.82) is 5.41 Å². The molecule has 0 aliphatic carbocycles. The van der Waals surface area contributed by atoms with Crippen molar-refractivity contribution in [1.82, 2.24) is 10.3 Å². The number of pyridine rings is 1. The monoisotopic (exact) mass is 454 g/mol. The molecule has 0 radical (unpaired) electrons. The van der Waals surface area contributed by atoms with Gasteiger partial charge in [-0.2, -0.15) is 0 Å². The normalized spacial score (nSPS) is 20.1. The third-order valence-corrected chi connectivity index (χ3v) is 6.37. The number of allylic oxidation sites excluding steroid dienone is 2. The van der Waals surface area contributed by atoms with Gasteiger partial charge in [0.25, 0.3) is 0 Å². The van der Waals surface area contributed by atoms with Crippen LogP contribution in [0.2, 0.25) is 0 Å². The maximum absolute atomic E-state index is 8.47.